The van der Waals surface area contributed by atoms with E-state index in [9.17, 15) is 9.59 Å². The van der Waals surface area contributed by atoms with Crippen molar-refractivity contribution in [3.05, 3.63) is 63.4 Å². The maximum atomic E-state index is 15.3. The number of nitrogens with one attached hydrogen (secondary N) is 2. The van der Waals surface area contributed by atoms with Crippen LogP contribution in [0.1, 0.15) is 49.1 Å². The van der Waals surface area contributed by atoms with Crippen LogP contribution in [-0.4, -0.2) is 23.8 Å². The van der Waals surface area contributed by atoms with Crippen LogP contribution in [0.2, 0.25) is 10.0 Å². The first kappa shape index (κ1) is 20.0. The number of carbonyl (C=O) groups is 2. The molecule has 5 rings (SSSR count). The maximum absolute atomic E-state index is 15.3. The number of benzene rings is 2. The molecule has 1 saturated carbocycles. The second-order valence-corrected chi connectivity index (χ2v) is 9.37. The predicted octanol–water partition coefficient (Wildman–Crippen LogP) is 4.98. The minimum atomic E-state index is -1.13. The van der Waals surface area contributed by atoms with E-state index in [0.717, 1.165) is 44.0 Å². The number of amides is 1. The fourth-order valence-corrected chi connectivity index (χ4v) is 6.52. The summed E-state index contributed by atoms with van der Waals surface area (Å²) < 4.78 is 15.3. The van der Waals surface area contributed by atoms with E-state index in [1.54, 1.807) is 24.3 Å². The number of halogens is 3. The number of anilines is 1. The molecule has 0 bridgehead atoms. The Morgan fingerprint density at radius 3 is 2.60 bits per heavy atom. The van der Waals surface area contributed by atoms with Crippen LogP contribution in [0.4, 0.5) is 10.1 Å². The molecular formula is C23H21Cl2FN2O2. The summed E-state index contributed by atoms with van der Waals surface area (Å²) in [5, 5.41) is 6.97. The van der Waals surface area contributed by atoms with Gasteiger partial charge in [0.05, 0.1) is 11.1 Å². The molecule has 1 aliphatic carbocycles. The van der Waals surface area contributed by atoms with Crippen molar-refractivity contribution < 1.29 is 14.0 Å². The van der Waals surface area contributed by atoms with E-state index >= 15 is 4.39 Å². The van der Waals surface area contributed by atoms with Crippen LogP contribution in [0.5, 0.6) is 0 Å². The Labute approximate surface area is 184 Å². The maximum Gasteiger partial charge on any atom is 0.237 e. The molecule has 3 atom stereocenters. The Hall–Kier alpha value is -1.95. The topological polar surface area (TPSA) is 58.2 Å². The van der Waals surface area contributed by atoms with E-state index in [2.05, 4.69) is 10.6 Å². The Balaban J connectivity index is 1.84. The fourth-order valence-electron chi connectivity index (χ4n) is 6.17. The molecule has 0 aromatic heterocycles. The SMILES string of the molecule is O=CC1NC2(CCCCC2)C2(C(=O)Nc3cc(Cl)ccc32)C1c1cccc(Cl)c1F. The fraction of sp³-hybridized carbons (Fsp3) is 0.391. The molecule has 1 saturated heterocycles. The van der Waals surface area contributed by atoms with Crippen molar-refractivity contribution in [1.29, 1.82) is 0 Å². The van der Waals surface area contributed by atoms with Gasteiger partial charge in [0.2, 0.25) is 5.91 Å². The zero-order valence-corrected chi connectivity index (χ0v) is 17.7. The van der Waals surface area contributed by atoms with Crippen molar-refractivity contribution in [1.82, 2.24) is 5.32 Å². The Bertz CT molecular complexity index is 1050. The third kappa shape index (κ3) is 2.49. The summed E-state index contributed by atoms with van der Waals surface area (Å²) in [7, 11) is 0. The van der Waals surface area contributed by atoms with Crippen LogP contribution in [0, 0.1) is 5.82 Å². The van der Waals surface area contributed by atoms with Gasteiger partial charge in [-0.25, -0.2) is 4.39 Å². The van der Waals surface area contributed by atoms with E-state index in [1.807, 2.05) is 6.07 Å². The number of carbonyl (C=O) groups excluding carboxylic acids is 2. The van der Waals surface area contributed by atoms with Gasteiger partial charge in [0.25, 0.3) is 0 Å². The second kappa shape index (κ2) is 7.04. The van der Waals surface area contributed by atoms with Gasteiger partial charge in [0.15, 0.2) is 0 Å². The van der Waals surface area contributed by atoms with Crippen LogP contribution in [0.3, 0.4) is 0 Å². The lowest BCUT2D eigenvalue weighted by molar-refractivity contribution is -0.124. The molecule has 4 nitrogen and oxygen atoms in total. The number of rotatable bonds is 2. The normalized spacial score (nSPS) is 29.2. The highest BCUT2D eigenvalue weighted by molar-refractivity contribution is 6.31. The lowest BCUT2D eigenvalue weighted by Crippen LogP contribution is -2.60. The minimum Gasteiger partial charge on any atom is -0.325 e. The van der Waals surface area contributed by atoms with Crippen LogP contribution < -0.4 is 10.6 Å². The molecule has 0 radical (unpaired) electrons. The molecule has 7 heteroatoms. The van der Waals surface area contributed by atoms with E-state index in [1.165, 1.54) is 6.07 Å². The van der Waals surface area contributed by atoms with Gasteiger partial charge in [0.1, 0.15) is 17.5 Å². The molecule has 1 amide bonds. The third-order valence-electron chi connectivity index (χ3n) is 7.21. The molecule has 3 unspecified atom stereocenters. The molecule has 2 aliphatic heterocycles. The van der Waals surface area contributed by atoms with Crippen LogP contribution in [0.25, 0.3) is 0 Å². The van der Waals surface area contributed by atoms with Gasteiger partial charge in [-0.2, -0.15) is 0 Å². The molecule has 2 N–H and O–H groups in total. The third-order valence-corrected chi connectivity index (χ3v) is 7.73. The summed E-state index contributed by atoms with van der Waals surface area (Å²) in [6.07, 6.45) is 5.19. The summed E-state index contributed by atoms with van der Waals surface area (Å²) >= 11 is 12.3. The summed E-state index contributed by atoms with van der Waals surface area (Å²) in [6.45, 7) is 0. The van der Waals surface area contributed by atoms with Gasteiger partial charge in [-0.05, 0) is 42.2 Å². The summed E-state index contributed by atoms with van der Waals surface area (Å²) in [6, 6.07) is 9.37. The van der Waals surface area contributed by atoms with Crippen molar-refractivity contribution in [2.75, 3.05) is 5.32 Å². The summed E-state index contributed by atoms with van der Waals surface area (Å²) in [5.74, 6) is -1.53. The van der Waals surface area contributed by atoms with Crippen molar-refractivity contribution in [2.45, 2.75) is 55.0 Å². The minimum absolute atomic E-state index is 0.0216. The van der Waals surface area contributed by atoms with Gasteiger partial charge in [-0.3, -0.25) is 4.79 Å². The van der Waals surface area contributed by atoms with E-state index < -0.39 is 28.7 Å². The highest BCUT2D eigenvalue weighted by atomic mass is 35.5. The van der Waals surface area contributed by atoms with Gasteiger partial charge in [-0.1, -0.05) is 60.7 Å². The van der Waals surface area contributed by atoms with Crippen LogP contribution in [0.15, 0.2) is 36.4 Å². The summed E-state index contributed by atoms with van der Waals surface area (Å²) in [5.41, 5.74) is -0.116. The first-order valence-corrected chi connectivity index (χ1v) is 11.0. The summed E-state index contributed by atoms with van der Waals surface area (Å²) in [4.78, 5) is 26.1. The number of hydrogen-bond donors (Lipinski definition) is 2. The van der Waals surface area contributed by atoms with Gasteiger partial charge < -0.3 is 15.4 Å². The standard InChI is InChI=1S/C23H21Cl2FN2O2/c24-13-7-8-15-17(11-13)27-21(30)23(15)19(14-5-4-6-16(25)20(14)26)18(12-29)28-22(23)9-2-1-3-10-22/h4-8,11-12,18-19,28H,1-3,9-10H2,(H,27,30). The first-order valence-electron chi connectivity index (χ1n) is 10.2. The van der Waals surface area contributed by atoms with Crippen LogP contribution >= 0.6 is 23.2 Å². The first-order chi connectivity index (χ1) is 14.4. The molecule has 156 valence electrons. The zero-order chi connectivity index (χ0) is 21.1. The van der Waals surface area contributed by atoms with Crippen molar-refractivity contribution >= 4 is 41.1 Å². The van der Waals surface area contributed by atoms with E-state index in [0.29, 0.717) is 10.7 Å². The Kier molecular flexibility index (Phi) is 4.69. The molecule has 30 heavy (non-hydrogen) atoms. The van der Waals surface area contributed by atoms with E-state index in [4.69, 9.17) is 23.2 Å². The lowest BCUT2D eigenvalue weighted by atomic mass is 9.55. The highest BCUT2D eigenvalue weighted by Gasteiger charge is 2.71. The van der Waals surface area contributed by atoms with Crippen molar-refractivity contribution in [3.63, 3.8) is 0 Å². The lowest BCUT2D eigenvalue weighted by Gasteiger charge is -2.47. The number of fused-ring (bicyclic) bond motifs is 3. The van der Waals surface area contributed by atoms with E-state index in [-0.39, 0.29) is 16.5 Å². The van der Waals surface area contributed by atoms with Crippen molar-refractivity contribution in [3.8, 4) is 0 Å². The molecule has 2 aromatic carbocycles. The van der Waals surface area contributed by atoms with Crippen LogP contribution in [-0.2, 0) is 15.0 Å². The zero-order valence-electron chi connectivity index (χ0n) is 16.2. The molecule has 2 fully saturated rings. The van der Waals surface area contributed by atoms with Gasteiger partial charge in [-0.15, -0.1) is 0 Å². The monoisotopic (exact) mass is 446 g/mol. The average molecular weight is 447 g/mol. The molecule has 3 aliphatic rings. The molecule has 2 heterocycles. The Morgan fingerprint density at radius 1 is 1.10 bits per heavy atom. The average Bonchev–Trinajstić information content (AvgIpc) is 3.18. The quantitative estimate of drug-likeness (QED) is 0.639. The highest BCUT2D eigenvalue weighted by Crippen LogP contribution is 2.62. The molecular weight excluding hydrogens is 426 g/mol. The molecule has 2 spiro atoms. The Morgan fingerprint density at radius 2 is 1.87 bits per heavy atom. The largest absolute Gasteiger partial charge is 0.325 e. The number of aldehydes is 1. The molecule has 2 aromatic rings. The predicted molar refractivity (Wildman–Crippen MR) is 115 cm³/mol. The van der Waals surface area contributed by atoms with Gasteiger partial charge in [0, 0.05) is 22.2 Å². The smallest absolute Gasteiger partial charge is 0.237 e. The van der Waals surface area contributed by atoms with Gasteiger partial charge >= 0.3 is 0 Å². The number of hydrogen-bond acceptors (Lipinski definition) is 3. The van der Waals surface area contributed by atoms with Crippen molar-refractivity contribution in [2.24, 2.45) is 0 Å². The second-order valence-electron chi connectivity index (χ2n) is 8.52.